The molecule has 0 aliphatic carbocycles. The lowest BCUT2D eigenvalue weighted by molar-refractivity contribution is 0.209. The van der Waals surface area contributed by atoms with Crippen LogP contribution in [0.2, 0.25) is 0 Å². The molecule has 0 unspecified atom stereocenters. The average Bonchev–Trinajstić information content (AvgIpc) is 2.13. The van der Waals surface area contributed by atoms with Crippen molar-refractivity contribution < 1.29 is 9.90 Å². The predicted molar refractivity (Wildman–Crippen MR) is 38.5 cm³/mol. The summed E-state index contributed by atoms with van der Waals surface area (Å²) in [4.78, 5) is 13.9. The van der Waals surface area contributed by atoms with E-state index in [1.807, 2.05) is 6.92 Å². The zero-order valence-electron chi connectivity index (χ0n) is 5.29. The molecule has 0 bridgehead atoms. The SMILES string of the molecule is Cc1nc(NC(=O)O)cs1. The van der Waals surface area contributed by atoms with Crippen molar-refractivity contribution in [3.8, 4) is 0 Å². The van der Waals surface area contributed by atoms with Crippen molar-refractivity contribution in [2.24, 2.45) is 0 Å². The third kappa shape index (κ3) is 1.70. The van der Waals surface area contributed by atoms with Gasteiger partial charge in [0.1, 0.15) is 5.82 Å². The van der Waals surface area contributed by atoms with Crippen molar-refractivity contribution in [2.45, 2.75) is 6.92 Å². The Morgan fingerprint density at radius 3 is 3.00 bits per heavy atom. The summed E-state index contributed by atoms with van der Waals surface area (Å²) in [6, 6.07) is 0. The Hall–Kier alpha value is -1.10. The van der Waals surface area contributed by atoms with Gasteiger partial charge in [0.05, 0.1) is 5.01 Å². The average molecular weight is 158 g/mol. The van der Waals surface area contributed by atoms with E-state index in [0.717, 1.165) is 5.01 Å². The number of carboxylic acid groups (broad SMARTS) is 1. The molecule has 0 atom stereocenters. The Morgan fingerprint density at radius 1 is 1.90 bits per heavy atom. The third-order valence-corrected chi connectivity index (χ3v) is 1.63. The van der Waals surface area contributed by atoms with E-state index in [2.05, 4.69) is 10.3 Å². The van der Waals surface area contributed by atoms with E-state index in [-0.39, 0.29) is 0 Å². The molecule has 0 aliphatic heterocycles. The van der Waals surface area contributed by atoms with Crippen LogP contribution in [0.1, 0.15) is 5.01 Å². The summed E-state index contributed by atoms with van der Waals surface area (Å²) >= 11 is 1.41. The molecule has 1 aromatic heterocycles. The minimum atomic E-state index is -1.08. The van der Waals surface area contributed by atoms with Crippen LogP contribution in [0.25, 0.3) is 0 Å². The molecule has 1 amide bonds. The monoisotopic (exact) mass is 158 g/mol. The van der Waals surface area contributed by atoms with Gasteiger partial charge >= 0.3 is 6.09 Å². The lowest BCUT2D eigenvalue weighted by Crippen LogP contribution is -2.07. The molecule has 0 fully saturated rings. The van der Waals surface area contributed by atoms with Gasteiger partial charge in [-0.15, -0.1) is 11.3 Å². The van der Waals surface area contributed by atoms with Crippen molar-refractivity contribution in [3.05, 3.63) is 10.4 Å². The second-order valence-corrected chi connectivity index (χ2v) is 2.74. The Labute approximate surface area is 61.5 Å². The topological polar surface area (TPSA) is 62.2 Å². The number of carbonyl (C=O) groups is 1. The smallest absolute Gasteiger partial charge is 0.410 e. The summed E-state index contributed by atoms with van der Waals surface area (Å²) in [5.41, 5.74) is 0. The van der Waals surface area contributed by atoms with Crippen LogP contribution in [-0.2, 0) is 0 Å². The molecular formula is C5H6N2O2S. The molecule has 5 heteroatoms. The molecule has 0 saturated heterocycles. The van der Waals surface area contributed by atoms with E-state index in [1.165, 1.54) is 11.3 Å². The van der Waals surface area contributed by atoms with E-state index in [4.69, 9.17) is 5.11 Å². The van der Waals surface area contributed by atoms with Crippen LogP contribution >= 0.6 is 11.3 Å². The van der Waals surface area contributed by atoms with Gasteiger partial charge in [-0.05, 0) is 6.92 Å². The standard InChI is InChI=1S/C5H6N2O2S/c1-3-6-4(2-10-3)7-5(8)9/h2,7H,1H3,(H,8,9). The third-order valence-electron chi connectivity index (χ3n) is 0.854. The number of amides is 1. The maximum absolute atomic E-state index is 10.0. The molecule has 54 valence electrons. The van der Waals surface area contributed by atoms with Crippen molar-refractivity contribution in [2.75, 3.05) is 5.32 Å². The number of nitrogens with one attached hydrogen (secondary N) is 1. The summed E-state index contributed by atoms with van der Waals surface area (Å²) in [7, 11) is 0. The van der Waals surface area contributed by atoms with Crippen molar-refractivity contribution in [1.29, 1.82) is 0 Å². The Bertz CT molecular complexity index is 246. The maximum atomic E-state index is 10.0. The number of nitrogens with zero attached hydrogens (tertiary/aromatic N) is 1. The fourth-order valence-corrected chi connectivity index (χ4v) is 1.08. The van der Waals surface area contributed by atoms with E-state index in [1.54, 1.807) is 5.38 Å². The molecule has 1 heterocycles. The lowest BCUT2D eigenvalue weighted by atomic mass is 10.7. The van der Waals surface area contributed by atoms with Crippen LogP contribution in [0.15, 0.2) is 5.38 Å². The molecule has 0 aliphatic rings. The lowest BCUT2D eigenvalue weighted by Gasteiger charge is -1.90. The first-order valence-electron chi connectivity index (χ1n) is 2.60. The summed E-state index contributed by atoms with van der Waals surface area (Å²) in [5, 5.41) is 12.9. The summed E-state index contributed by atoms with van der Waals surface area (Å²) < 4.78 is 0. The number of rotatable bonds is 1. The molecule has 0 saturated carbocycles. The van der Waals surface area contributed by atoms with Gasteiger partial charge in [-0.25, -0.2) is 9.78 Å². The van der Waals surface area contributed by atoms with Crippen LogP contribution in [0.4, 0.5) is 10.6 Å². The van der Waals surface area contributed by atoms with Crippen LogP contribution in [-0.4, -0.2) is 16.2 Å². The zero-order valence-corrected chi connectivity index (χ0v) is 6.10. The van der Waals surface area contributed by atoms with Gasteiger partial charge in [0, 0.05) is 5.38 Å². The second kappa shape index (κ2) is 2.66. The Morgan fingerprint density at radius 2 is 2.60 bits per heavy atom. The summed E-state index contributed by atoms with van der Waals surface area (Å²) in [5.74, 6) is 0.398. The first-order chi connectivity index (χ1) is 4.68. The highest BCUT2D eigenvalue weighted by Gasteiger charge is 1.99. The number of hydrogen-bond donors (Lipinski definition) is 2. The summed E-state index contributed by atoms with van der Waals surface area (Å²) in [6.45, 7) is 1.82. The number of aryl methyl sites for hydroxylation is 1. The quantitative estimate of drug-likeness (QED) is 0.651. The van der Waals surface area contributed by atoms with E-state index < -0.39 is 6.09 Å². The van der Waals surface area contributed by atoms with E-state index in [0.29, 0.717) is 5.82 Å². The molecule has 0 aromatic carbocycles. The maximum Gasteiger partial charge on any atom is 0.410 e. The van der Waals surface area contributed by atoms with Gasteiger partial charge in [0.2, 0.25) is 0 Å². The number of aromatic nitrogens is 1. The Balaban J connectivity index is 2.67. The normalized spacial score (nSPS) is 9.30. The molecular weight excluding hydrogens is 152 g/mol. The predicted octanol–water partition coefficient (Wildman–Crippen LogP) is 1.54. The molecule has 2 N–H and O–H groups in total. The molecule has 4 nitrogen and oxygen atoms in total. The Kier molecular flexibility index (Phi) is 1.86. The van der Waals surface area contributed by atoms with E-state index in [9.17, 15) is 4.79 Å². The number of anilines is 1. The van der Waals surface area contributed by atoms with Crippen LogP contribution in [0, 0.1) is 6.92 Å². The highest BCUT2D eigenvalue weighted by molar-refractivity contribution is 7.09. The van der Waals surface area contributed by atoms with Crippen molar-refractivity contribution >= 4 is 23.2 Å². The highest BCUT2D eigenvalue weighted by Crippen LogP contribution is 2.11. The molecule has 1 aromatic rings. The van der Waals surface area contributed by atoms with Gasteiger partial charge in [-0.3, -0.25) is 5.32 Å². The molecule has 1 rings (SSSR count). The highest BCUT2D eigenvalue weighted by atomic mass is 32.1. The second-order valence-electron chi connectivity index (χ2n) is 1.68. The summed E-state index contributed by atoms with van der Waals surface area (Å²) in [6.07, 6.45) is -1.08. The van der Waals surface area contributed by atoms with Crippen molar-refractivity contribution in [1.82, 2.24) is 4.98 Å². The zero-order chi connectivity index (χ0) is 7.56. The molecule has 0 radical (unpaired) electrons. The van der Waals surface area contributed by atoms with Crippen LogP contribution in [0.5, 0.6) is 0 Å². The minimum absolute atomic E-state index is 0.398. The first-order valence-corrected chi connectivity index (χ1v) is 3.48. The fourth-order valence-electron chi connectivity index (χ4n) is 0.530. The van der Waals surface area contributed by atoms with Crippen LogP contribution in [0.3, 0.4) is 0 Å². The minimum Gasteiger partial charge on any atom is -0.465 e. The van der Waals surface area contributed by atoms with Gasteiger partial charge in [-0.2, -0.15) is 0 Å². The van der Waals surface area contributed by atoms with Crippen molar-refractivity contribution in [3.63, 3.8) is 0 Å². The van der Waals surface area contributed by atoms with Gasteiger partial charge in [0.15, 0.2) is 0 Å². The van der Waals surface area contributed by atoms with Crippen LogP contribution < -0.4 is 5.32 Å². The number of thiazole rings is 1. The van der Waals surface area contributed by atoms with Gasteiger partial charge < -0.3 is 5.11 Å². The molecule has 0 spiro atoms. The molecule has 10 heavy (non-hydrogen) atoms. The number of hydrogen-bond acceptors (Lipinski definition) is 3. The largest absolute Gasteiger partial charge is 0.465 e. The van der Waals surface area contributed by atoms with E-state index >= 15 is 0 Å². The van der Waals surface area contributed by atoms with Gasteiger partial charge in [0.25, 0.3) is 0 Å². The van der Waals surface area contributed by atoms with Gasteiger partial charge in [-0.1, -0.05) is 0 Å². The first kappa shape index (κ1) is 7.01. The fraction of sp³-hybridized carbons (Fsp3) is 0.200.